The van der Waals surface area contributed by atoms with Crippen molar-refractivity contribution in [3.8, 4) is 11.1 Å². The van der Waals surface area contributed by atoms with Gasteiger partial charge in [-0.15, -0.1) is 0 Å². The number of nitrogens with zero attached hydrogens (tertiary/aromatic N) is 4. The maximum absolute atomic E-state index is 4.85. The smallest absolute Gasteiger partial charge is 0.140 e. The Morgan fingerprint density at radius 1 is 1.22 bits per heavy atom. The molecular formula is C22H28N4S. The maximum Gasteiger partial charge on any atom is 0.140 e. The zero-order chi connectivity index (χ0) is 18.8. The van der Waals surface area contributed by atoms with Crippen LogP contribution >= 0.6 is 11.9 Å². The van der Waals surface area contributed by atoms with Gasteiger partial charge in [-0.1, -0.05) is 25.8 Å². The Balaban J connectivity index is 1.63. The molecular weight excluding hydrogens is 352 g/mol. The topological polar surface area (TPSA) is 34.0 Å². The summed E-state index contributed by atoms with van der Waals surface area (Å²) in [5.74, 6) is 0.627. The van der Waals surface area contributed by atoms with E-state index in [-0.39, 0.29) is 0 Å². The van der Waals surface area contributed by atoms with Gasteiger partial charge in [0.05, 0.1) is 0 Å². The summed E-state index contributed by atoms with van der Waals surface area (Å²) >= 11 is 2.00. The van der Waals surface area contributed by atoms with Crippen LogP contribution in [0.5, 0.6) is 0 Å². The van der Waals surface area contributed by atoms with Crippen LogP contribution in [0.2, 0.25) is 0 Å². The molecule has 0 N–H and O–H groups in total. The molecule has 3 heterocycles. The summed E-state index contributed by atoms with van der Waals surface area (Å²) in [5, 5.41) is 2.14. The van der Waals surface area contributed by atoms with E-state index in [0.29, 0.717) is 5.92 Å². The third-order valence-corrected chi connectivity index (χ3v) is 6.26. The number of fused-ring (bicyclic) bond motifs is 1. The quantitative estimate of drug-likeness (QED) is 0.513. The Labute approximate surface area is 166 Å². The molecule has 5 heteroatoms. The Hall–Kier alpha value is -1.85. The first-order valence-electron chi connectivity index (χ1n) is 9.86. The van der Waals surface area contributed by atoms with Crippen LogP contribution in [-0.4, -0.2) is 37.7 Å². The van der Waals surface area contributed by atoms with E-state index in [1.165, 1.54) is 29.4 Å². The van der Waals surface area contributed by atoms with Crippen molar-refractivity contribution in [1.29, 1.82) is 0 Å². The van der Waals surface area contributed by atoms with Crippen molar-refractivity contribution in [2.75, 3.05) is 13.6 Å². The highest BCUT2D eigenvalue weighted by atomic mass is 32.2. The first-order valence-corrected chi connectivity index (χ1v) is 10.7. The van der Waals surface area contributed by atoms with Crippen LogP contribution in [0.4, 0.5) is 0 Å². The molecule has 3 aromatic heterocycles. The predicted molar refractivity (Wildman–Crippen MR) is 115 cm³/mol. The van der Waals surface area contributed by atoms with Crippen molar-refractivity contribution < 1.29 is 0 Å². The van der Waals surface area contributed by atoms with Crippen LogP contribution in [-0.2, 0) is 13.0 Å². The summed E-state index contributed by atoms with van der Waals surface area (Å²) in [6.45, 7) is 6.58. The zero-order valence-electron chi connectivity index (χ0n) is 16.4. The van der Waals surface area contributed by atoms with Crippen molar-refractivity contribution >= 4 is 23.0 Å². The third kappa shape index (κ3) is 4.53. The van der Waals surface area contributed by atoms with Crippen molar-refractivity contribution in [2.45, 2.75) is 44.9 Å². The third-order valence-electron chi connectivity index (χ3n) is 4.95. The minimum absolute atomic E-state index is 0.627. The van der Waals surface area contributed by atoms with E-state index in [0.717, 1.165) is 36.0 Å². The zero-order valence-corrected chi connectivity index (χ0v) is 17.2. The standard InChI is InChI=1S/C22H28N4S/c1-16(2)12-19-15-26(11-10-25(3)27-20-4-5-20)22-21(19)13-18(14-24-22)17-6-8-23-9-7-17/h6-9,13-16,20H,4-5,10-12H2,1-3H3. The Bertz CT molecular complexity index is 899. The first kappa shape index (κ1) is 18.5. The van der Waals surface area contributed by atoms with Gasteiger partial charge >= 0.3 is 0 Å². The number of rotatable bonds is 8. The SMILES string of the molecule is CC(C)Cc1cn(CCN(C)SC2CC2)c2ncc(-c3ccncc3)cc12. The predicted octanol–water partition coefficient (Wildman–Crippen LogP) is 5.04. The van der Waals surface area contributed by atoms with Crippen LogP contribution in [0, 0.1) is 5.92 Å². The highest BCUT2D eigenvalue weighted by Crippen LogP contribution is 2.35. The number of hydrogen-bond donors (Lipinski definition) is 0. The average molecular weight is 381 g/mol. The fourth-order valence-electron chi connectivity index (χ4n) is 3.45. The number of likely N-dealkylation sites (N-methyl/N-ethyl adjacent to an activating group) is 1. The van der Waals surface area contributed by atoms with Gasteiger partial charge in [0.15, 0.2) is 0 Å². The molecule has 0 radical (unpaired) electrons. The van der Waals surface area contributed by atoms with Crippen LogP contribution in [0.25, 0.3) is 22.2 Å². The summed E-state index contributed by atoms with van der Waals surface area (Å²) in [4.78, 5) is 8.98. The normalized spacial score (nSPS) is 14.6. The van der Waals surface area contributed by atoms with Crippen LogP contribution in [0.3, 0.4) is 0 Å². The van der Waals surface area contributed by atoms with E-state index in [1.807, 2.05) is 42.7 Å². The van der Waals surface area contributed by atoms with E-state index in [9.17, 15) is 0 Å². The number of pyridine rings is 2. The Morgan fingerprint density at radius 3 is 2.70 bits per heavy atom. The molecule has 27 heavy (non-hydrogen) atoms. The minimum atomic E-state index is 0.627. The molecule has 0 spiro atoms. The Morgan fingerprint density at radius 2 is 2.00 bits per heavy atom. The lowest BCUT2D eigenvalue weighted by atomic mass is 10.0. The maximum atomic E-state index is 4.85. The molecule has 1 fully saturated rings. The summed E-state index contributed by atoms with van der Waals surface area (Å²) in [6.07, 6.45) is 11.8. The lowest BCUT2D eigenvalue weighted by molar-refractivity contribution is 0.512. The molecule has 0 amide bonds. The van der Waals surface area contributed by atoms with E-state index in [1.54, 1.807) is 0 Å². The first-order chi connectivity index (χ1) is 13.1. The van der Waals surface area contributed by atoms with Crippen molar-refractivity contribution in [3.63, 3.8) is 0 Å². The minimum Gasteiger partial charge on any atom is -0.331 e. The molecule has 0 unspecified atom stereocenters. The van der Waals surface area contributed by atoms with Gasteiger partial charge in [-0.25, -0.2) is 4.98 Å². The molecule has 1 aliphatic rings. The number of aromatic nitrogens is 3. The fraction of sp³-hybridized carbons (Fsp3) is 0.455. The van der Waals surface area contributed by atoms with Crippen LogP contribution in [0.15, 0.2) is 43.0 Å². The van der Waals surface area contributed by atoms with E-state index in [4.69, 9.17) is 4.98 Å². The van der Waals surface area contributed by atoms with E-state index in [2.05, 4.69) is 47.0 Å². The molecule has 0 aliphatic heterocycles. The lowest BCUT2D eigenvalue weighted by Crippen LogP contribution is -2.17. The highest BCUT2D eigenvalue weighted by Gasteiger charge is 2.24. The average Bonchev–Trinajstić information content (AvgIpc) is 3.42. The van der Waals surface area contributed by atoms with Crippen molar-refractivity contribution in [1.82, 2.24) is 18.8 Å². The molecule has 0 aromatic carbocycles. The van der Waals surface area contributed by atoms with Gasteiger partial charge in [0.1, 0.15) is 5.65 Å². The Kier molecular flexibility index (Phi) is 5.50. The molecule has 142 valence electrons. The van der Waals surface area contributed by atoms with Gasteiger partial charge in [-0.2, -0.15) is 0 Å². The molecule has 4 nitrogen and oxygen atoms in total. The van der Waals surface area contributed by atoms with Gasteiger partial charge in [0, 0.05) is 54.1 Å². The van der Waals surface area contributed by atoms with Gasteiger partial charge in [0.25, 0.3) is 0 Å². The lowest BCUT2D eigenvalue weighted by Gasteiger charge is -2.15. The fourth-order valence-corrected chi connectivity index (χ4v) is 4.49. The largest absolute Gasteiger partial charge is 0.331 e. The van der Waals surface area contributed by atoms with Gasteiger partial charge in [-0.05, 0) is 61.6 Å². The highest BCUT2D eigenvalue weighted by molar-refractivity contribution is 7.97. The van der Waals surface area contributed by atoms with E-state index < -0.39 is 0 Å². The summed E-state index contributed by atoms with van der Waals surface area (Å²) in [6, 6.07) is 6.40. The molecule has 0 bridgehead atoms. The van der Waals surface area contributed by atoms with Crippen molar-refractivity contribution in [3.05, 3.63) is 48.5 Å². The molecule has 4 rings (SSSR count). The molecule has 1 saturated carbocycles. The molecule has 3 aromatic rings. The summed E-state index contributed by atoms with van der Waals surface area (Å²) < 4.78 is 4.73. The van der Waals surface area contributed by atoms with Crippen molar-refractivity contribution in [2.24, 2.45) is 5.92 Å². The van der Waals surface area contributed by atoms with Gasteiger partial charge < -0.3 is 4.57 Å². The van der Waals surface area contributed by atoms with Gasteiger partial charge in [-0.3, -0.25) is 9.29 Å². The van der Waals surface area contributed by atoms with E-state index >= 15 is 0 Å². The van der Waals surface area contributed by atoms with Gasteiger partial charge in [0.2, 0.25) is 0 Å². The monoisotopic (exact) mass is 380 g/mol. The second kappa shape index (κ2) is 8.03. The summed E-state index contributed by atoms with van der Waals surface area (Å²) in [7, 11) is 2.21. The second-order valence-corrected chi connectivity index (χ2v) is 9.43. The molecule has 0 atom stereocenters. The molecule has 1 aliphatic carbocycles. The van der Waals surface area contributed by atoms with Crippen LogP contribution in [0.1, 0.15) is 32.3 Å². The molecule has 0 saturated heterocycles. The summed E-state index contributed by atoms with van der Waals surface area (Å²) in [5.41, 5.74) is 4.84. The number of hydrogen-bond acceptors (Lipinski definition) is 4. The van der Waals surface area contributed by atoms with Crippen LogP contribution < -0.4 is 0 Å². The second-order valence-electron chi connectivity index (χ2n) is 7.93.